The van der Waals surface area contributed by atoms with Gasteiger partial charge in [0.25, 0.3) is 0 Å². The summed E-state index contributed by atoms with van der Waals surface area (Å²) in [5.74, 6) is 0. The number of carbonyl (C=O) groups is 1. The molecule has 0 atom stereocenters. The van der Waals surface area contributed by atoms with E-state index in [9.17, 15) is 4.79 Å². The molecule has 0 spiro atoms. The summed E-state index contributed by atoms with van der Waals surface area (Å²) >= 11 is 2.82. The smallest absolute Gasteiger partial charge is 0.195 e. The number of hydrogen-bond donors (Lipinski definition) is 0. The lowest BCUT2D eigenvalue weighted by Crippen LogP contribution is -1.98. The van der Waals surface area contributed by atoms with Crippen molar-refractivity contribution in [2.75, 3.05) is 0 Å². The first-order valence-electron chi connectivity index (χ1n) is 6.00. The van der Waals surface area contributed by atoms with Gasteiger partial charge in [0.2, 0.25) is 0 Å². The van der Waals surface area contributed by atoms with E-state index in [2.05, 4.69) is 15.0 Å². The number of nitrogens with zero attached hydrogens (tertiary/aromatic N) is 4. The van der Waals surface area contributed by atoms with Gasteiger partial charge >= 0.3 is 0 Å². The molecular formula is C13H12N4OS2. The van der Waals surface area contributed by atoms with Crippen molar-refractivity contribution in [1.82, 2.24) is 19.4 Å². The van der Waals surface area contributed by atoms with Crippen LogP contribution in [0.1, 0.15) is 27.4 Å². The molecule has 3 heterocycles. The van der Waals surface area contributed by atoms with Crippen LogP contribution >= 0.6 is 23.1 Å². The molecule has 3 rings (SSSR count). The van der Waals surface area contributed by atoms with Gasteiger partial charge in [0.05, 0.1) is 0 Å². The second kappa shape index (κ2) is 4.99. The predicted octanol–water partition coefficient (Wildman–Crippen LogP) is 3.07. The molecule has 0 amide bonds. The van der Waals surface area contributed by atoms with Gasteiger partial charge < -0.3 is 0 Å². The Bertz CT molecular complexity index is 783. The third kappa shape index (κ3) is 2.12. The molecule has 3 aromatic heterocycles. The topological polar surface area (TPSA) is 60.2 Å². The van der Waals surface area contributed by atoms with E-state index in [1.165, 1.54) is 23.1 Å². The molecule has 3 aromatic rings. The average Bonchev–Trinajstić information content (AvgIpc) is 2.96. The van der Waals surface area contributed by atoms with Crippen LogP contribution in [0, 0.1) is 20.8 Å². The Kier molecular flexibility index (Phi) is 3.31. The van der Waals surface area contributed by atoms with Crippen LogP contribution in [0.3, 0.4) is 0 Å². The third-order valence-corrected chi connectivity index (χ3v) is 4.79. The van der Waals surface area contributed by atoms with Gasteiger partial charge in [-0.3, -0.25) is 9.20 Å². The summed E-state index contributed by atoms with van der Waals surface area (Å²) < 4.78 is 1.79. The summed E-state index contributed by atoms with van der Waals surface area (Å²) in [6.07, 6.45) is 2.66. The van der Waals surface area contributed by atoms with Gasteiger partial charge in [-0.1, -0.05) is 0 Å². The number of aryl methyl sites for hydroxylation is 2. The summed E-state index contributed by atoms with van der Waals surface area (Å²) in [6.45, 7) is 5.92. The number of carbonyl (C=O) groups excluding carboxylic acids is 1. The van der Waals surface area contributed by atoms with Crippen LogP contribution in [0.15, 0.2) is 21.8 Å². The highest BCUT2D eigenvalue weighted by Crippen LogP contribution is 2.29. The number of fused-ring (bicyclic) bond motifs is 1. The molecule has 0 aliphatic heterocycles. The van der Waals surface area contributed by atoms with Crippen molar-refractivity contribution in [1.29, 1.82) is 0 Å². The molecule has 0 saturated carbocycles. The summed E-state index contributed by atoms with van der Waals surface area (Å²) in [5, 5.41) is 3.18. The van der Waals surface area contributed by atoms with E-state index in [1.54, 1.807) is 4.40 Å². The molecule has 0 aliphatic carbocycles. The normalized spacial score (nSPS) is 11.2. The zero-order valence-corrected chi connectivity index (χ0v) is 12.9. The van der Waals surface area contributed by atoms with E-state index in [-0.39, 0.29) is 0 Å². The quantitative estimate of drug-likeness (QED) is 0.550. The summed E-state index contributed by atoms with van der Waals surface area (Å²) in [6, 6.07) is 0. The second-order valence-electron chi connectivity index (χ2n) is 4.38. The molecule has 0 saturated heterocycles. The fourth-order valence-corrected chi connectivity index (χ4v) is 3.54. The molecule has 7 heteroatoms. The number of rotatable bonds is 3. The maximum absolute atomic E-state index is 11.3. The van der Waals surface area contributed by atoms with E-state index in [1.807, 2.05) is 32.3 Å². The summed E-state index contributed by atoms with van der Waals surface area (Å²) in [7, 11) is 0. The van der Waals surface area contributed by atoms with Crippen LogP contribution in [0.5, 0.6) is 0 Å². The summed E-state index contributed by atoms with van der Waals surface area (Å²) in [5.41, 5.74) is 3.55. The number of imidazole rings is 1. The number of aldehydes is 1. The maximum atomic E-state index is 11.3. The maximum Gasteiger partial charge on any atom is 0.195 e. The van der Waals surface area contributed by atoms with Crippen molar-refractivity contribution in [2.24, 2.45) is 0 Å². The lowest BCUT2D eigenvalue weighted by Gasteiger charge is -2.05. The van der Waals surface area contributed by atoms with Crippen LogP contribution in [-0.2, 0) is 0 Å². The lowest BCUT2D eigenvalue weighted by atomic mass is 10.2. The summed E-state index contributed by atoms with van der Waals surface area (Å²) in [4.78, 5) is 25.4. The fourth-order valence-electron chi connectivity index (χ4n) is 1.84. The molecule has 0 aromatic carbocycles. The molecule has 20 heavy (non-hydrogen) atoms. The van der Waals surface area contributed by atoms with Gasteiger partial charge in [-0.15, -0.1) is 11.3 Å². The molecule has 0 radical (unpaired) electrons. The van der Waals surface area contributed by atoms with Crippen molar-refractivity contribution in [3.05, 3.63) is 34.2 Å². The van der Waals surface area contributed by atoms with E-state index < -0.39 is 0 Å². The number of aromatic nitrogens is 4. The van der Waals surface area contributed by atoms with Gasteiger partial charge in [0.1, 0.15) is 10.7 Å². The van der Waals surface area contributed by atoms with Crippen LogP contribution in [-0.4, -0.2) is 25.6 Å². The molecule has 0 fully saturated rings. The minimum absolute atomic E-state index is 0.547. The molecular weight excluding hydrogens is 292 g/mol. The van der Waals surface area contributed by atoms with Gasteiger partial charge in [0.15, 0.2) is 16.4 Å². The Morgan fingerprint density at radius 3 is 2.55 bits per heavy atom. The number of hydrogen-bond acceptors (Lipinski definition) is 6. The third-order valence-electron chi connectivity index (χ3n) is 3.18. The van der Waals surface area contributed by atoms with E-state index >= 15 is 0 Å². The SMILES string of the molecule is Cc1nc(Sc2nc3sccn3c2C=O)nc(C)c1C. The van der Waals surface area contributed by atoms with Crippen LogP contribution in [0.4, 0.5) is 0 Å². The fraction of sp³-hybridized carbons (Fsp3) is 0.231. The van der Waals surface area contributed by atoms with Crippen LogP contribution in [0.2, 0.25) is 0 Å². The molecule has 0 N–H and O–H groups in total. The largest absolute Gasteiger partial charge is 0.296 e. The van der Waals surface area contributed by atoms with Gasteiger partial charge in [-0.25, -0.2) is 15.0 Å². The zero-order valence-electron chi connectivity index (χ0n) is 11.2. The van der Waals surface area contributed by atoms with Crippen molar-refractivity contribution in [3.8, 4) is 0 Å². The minimum Gasteiger partial charge on any atom is -0.296 e. The first-order valence-corrected chi connectivity index (χ1v) is 7.70. The van der Waals surface area contributed by atoms with Crippen molar-refractivity contribution >= 4 is 34.3 Å². The van der Waals surface area contributed by atoms with E-state index in [0.717, 1.165) is 28.2 Å². The first kappa shape index (κ1) is 13.3. The van der Waals surface area contributed by atoms with Crippen molar-refractivity contribution in [3.63, 3.8) is 0 Å². The standard InChI is InChI=1S/C13H12N4OS2/c1-7-8(2)14-12(15-9(7)3)20-11-10(6-18)17-4-5-19-13(17)16-11/h4-6H,1-3H3. The highest BCUT2D eigenvalue weighted by molar-refractivity contribution is 7.99. The Hall–Kier alpha value is -1.73. The van der Waals surface area contributed by atoms with Crippen LogP contribution in [0.25, 0.3) is 4.96 Å². The molecule has 0 bridgehead atoms. The molecule has 0 aliphatic rings. The van der Waals surface area contributed by atoms with Gasteiger partial charge in [-0.05, 0) is 38.1 Å². The van der Waals surface area contributed by atoms with E-state index in [4.69, 9.17) is 0 Å². The van der Waals surface area contributed by atoms with Crippen molar-refractivity contribution in [2.45, 2.75) is 31.0 Å². The Morgan fingerprint density at radius 1 is 1.20 bits per heavy atom. The molecule has 0 unspecified atom stereocenters. The second-order valence-corrected chi connectivity index (χ2v) is 6.21. The minimum atomic E-state index is 0.547. The first-order chi connectivity index (χ1) is 9.60. The Balaban J connectivity index is 2.04. The number of thiazole rings is 1. The monoisotopic (exact) mass is 304 g/mol. The molecule has 5 nitrogen and oxygen atoms in total. The van der Waals surface area contributed by atoms with Crippen LogP contribution < -0.4 is 0 Å². The molecule has 102 valence electrons. The van der Waals surface area contributed by atoms with Gasteiger partial charge in [0, 0.05) is 23.0 Å². The van der Waals surface area contributed by atoms with Crippen molar-refractivity contribution < 1.29 is 4.79 Å². The average molecular weight is 304 g/mol. The van der Waals surface area contributed by atoms with E-state index in [0.29, 0.717) is 15.9 Å². The highest BCUT2D eigenvalue weighted by Gasteiger charge is 2.16. The zero-order chi connectivity index (χ0) is 14.3. The predicted molar refractivity (Wildman–Crippen MR) is 78.8 cm³/mol. The lowest BCUT2D eigenvalue weighted by molar-refractivity contribution is 0.111. The Labute approximate surface area is 124 Å². The van der Waals surface area contributed by atoms with Gasteiger partial charge in [-0.2, -0.15) is 0 Å². The Morgan fingerprint density at radius 2 is 1.90 bits per heavy atom. The highest BCUT2D eigenvalue weighted by atomic mass is 32.2.